The van der Waals surface area contributed by atoms with Crippen LogP contribution >= 0.6 is 11.6 Å². The summed E-state index contributed by atoms with van der Waals surface area (Å²) in [7, 11) is 0. The summed E-state index contributed by atoms with van der Waals surface area (Å²) in [5.41, 5.74) is 8.55. The fourth-order valence-corrected chi connectivity index (χ4v) is 2.41. The van der Waals surface area contributed by atoms with Crippen molar-refractivity contribution in [1.29, 1.82) is 0 Å². The van der Waals surface area contributed by atoms with Crippen LogP contribution in [0, 0.1) is 5.92 Å². The van der Waals surface area contributed by atoms with E-state index in [1.54, 1.807) is 18.2 Å². The van der Waals surface area contributed by atoms with Crippen molar-refractivity contribution < 1.29 is 4.79 Å². The highest BCUT2D eigenvalue weighted by Gasteiger charge is 2.13. The Morgan fingerprint density at radius 1 is 1.15 bits per heavy atom. The topological polar surface area (TPSA) is 43.1 Å². The predicted octanol–water partition coefficient (Wildman–Crippen LogP) is 4.35. The quantitative estimate of drug-likeness (QED) is 0.671. The Balaban J connectivity index is 2.25. The average Bonchev–Trinajstić information content (AvgIpc) is 2.38. The number of ketones is 1. The molecule has 0 amide bonds. The van der Waals surface area contributed by atoms with E-state index in [0.717, 1.165) is 6.42 Å². The zero-order valence-corrected chi connectivity index (χ0v) is 12.4. The predicted molar refractivity (Wildman–Crippen MR) is 84.3 cm³/mol. The fourth-order valence-electron chi connectivity index (χ4n) is 2.13. The van der Waals surface area contributed by atoms with Crippen molar-refractivity contribution in [3.8, 4) is 0 Å². The van der Waals surface area contributed by atoms with Crippen LogP contribution in [0.3, 0.4) is 0 Å². The molecule has 0 aromatic heterocycles. The molecule has 3 heteroatoms. The van der Waals surface area contributed by atoms with Crippen molar-refractivity contribution in [1.82, 2.24) is 0 Å². The lowest BCUT2D eigenvalue weighted by Crippen LogP contribution is -2.03. The number of nitrogen functional groups attached to an aromatic ring is 1. The highest BCUT2D eigenvalue weighted by Crippen LogP contribution is 2.22. The molecule has 2 aromatic carbocycles. The number of carbonyl (C=O) groups excluding carboxylic acids is 1. The van der Waals surface area contributed by atoms with Gasteiger partial charge in [0.2, 0.25) is 0 Å². The lowest BCUT2D eigenvalue weighted by atomic mass is 9.98. The Bertz CT molecular complexity index is 617. The first-order chi connectivity index (χ1) is 9.47. The van der Waals surface area contributed by atoms with Gasteiger partial charge in [0.1, 0.15) is 0 Å². The molecule has 104 valence electrons. The van der Waals surface area contributed by atoms with E-state index in [1.807, 2.05) is 24.3 Å². The number of hydrogen-bond donors (Lipinski definition) is 1. The highest BCUT2D eigenvalue weighted by atomic mass is 35.5. The van der Waals surface area contributed by atoms with Crippen LogP contribution in [0.1, 0.15) is 35.3 Å². The zero-order valence-electron chi connectivity index (χ0n) is 11.7. The third kappa shape index (κ3) is 3.40. The van der Waals surface area contributed by atoms with Crippen LogP contribution in [-0.2, 0) is 6.42 Å². The van der Waals surface area contributed by atoms with Gasteiger partial charge >= 0.3 is 0 Å². The number of hydrogen-bond acceptors (Lipinski definition) is 2. The van der Waals surface area contributed by atoms with E-state index in [-0.39, 0.29) is 5.78 Å². The Kier molecular flexibility index (Phi) is 4.46. The number of carbonyl (C=O) groups is 1. The van der Waals surface area contributed by atoms with Gasteiger partial charge in [-0.3, -0.25) is 4.79 Å². The standard InChI is InChI=1S/C17H18ClNO/c1-11(2)9-12-3-5-13(6-4-12)17(20)15-8-7-14(19)10-16(15)18/h3-8,10-11H,9,19H2,1-2H3. The molecule has 0 fully saturated rings. The van der Waals surface area contributed by atoms with Gasteiger partial charge in [0, 0.05) is 16.8 Å². The maximum absolute atomic E-state index is 12.4. The molecule has 0 heterocycles. The summed E-state index contributed by atoms with van der Waals surface area (Å²) in [6, 6.07) is 12.7. The van der Waals surface area contributed by atoms with Crippen molar-refractivity contribution in [2.24, 2.45) is 5.92 Å². The van der Waals surface area contributed by atoms with Gasteiger partial charge in [-0.2, -0.15) is 0 Å². The average molecular weight is 288 g/mol. The van der Waals surface area contributed by atoms with Gasteiger partial charge in [0.05, 0.1) is 5.02 Å². The second-order valence-electron chi connectivity index (χ2n) is 5.36. The maximum atomic E-state index is 12.4. The zero-order chi connectivity index (χ0) is 14.7. The van der Waals surface area contributed by atoms with E-state index in [1.165, 1.54) is 5.56 Å². The Morgan fingerprint density at radius 2 is 1.80 bits per heavy atom. The molecule has 2 aromatic rings. The number of halogens is 1. The molecular formula is C17H18ClNO. The largest absolute Gasteiger partial charge is 0.399 e. The van der Waals surface area contributed by atoms with Gasteiger partial charge in [-0.15, -0.1) is 0 Å². The van der Waals surface area contributed by atoms with Gasteiger partial charge in [-0.05, 0) is 36.1 Å². The van der Waals surface area contributed by atoms with E-state index < -0.39 is 0 Å². The first-order valence-electron chi connectivity index (χ1n) is 6.66. The molecule has 0 aliphatic heterocycles. The molecule has 0 saturated carbocycles. The summed E-state index contributed by atoms with van der Waals surface area (Å²) in [4.78, 5) is 12.4. The lowest BCUT2D eigenvalue weighted by molar-refractivity contribution is 0.103. The van der Waals surface area contributed by atoms with Gasteiger partial charge in [0.15, 0.2) is 5.78 Å². The second-order valence-corrected chi connectivity index (χ2v) is 5.77. The molecule has 0 radical (unpaired) electrons. The van der Waals surface area contributed by atoms with E-state index in [9.17, 15) is 4.79 Å². The smallest absolute Gasteiger partial charge is 0.194 e. The summed E-state index contributed by atoms with van der Waals surface area (Å²) in [5, 5.41) is 0.390. The van der Waals surface area contributed by atoms with Crippen LogP contribution in [0.4, 0.5) is 5.69 Å². The Morgan fingerprint density at radius 3 is 2.35 bits per heavy atom. The molecule has 2 rings (SSSR count). The molecule has 2 N–H and O–H groups in total. The SMILES string of the molecule is CC(C)Cc1ccc(C(=O)c2ccc(N)cc2Cl)cc1. The minimum Gasteiger partial charge on any atom is -0.399 e. The summed E-state index contributed by atoms with van der Waals surface area (Å²) >= 11 is 6.07. The van der Waals surface area contributed by atoms with Gasteiger partial charge < -0.3 is 5.73 Å². The summed E-state index contributed by atoms with van der Waals surface area (Å²) in [6.45, 7) is 4.35. The van der Waals surface area contributed by atoms with Crippen molar-refractivity contribution in [3.05, 3.63) is 64.2 Å². The molecule has 0 spiro atoms. The lowest BCUT2D eigenvalue weighted by Gasteiger charge is -2.07. The number of nitrogens with two attached hydrogens (primary N) is 1. The Labute approximate surface area is 124 Å². The third-order valence-corrected chi connectivity index (χ3v) is 3.41. The van der Waals surface area contributed by atoms with Crippen LogP contribution in [0.5, 0.6) is 0 Å². The van der Waals surface area contributed by atoms with Gasteiger partial charge in [-0.1, -0.05) is 49.7 Å². The van der Waals surface area contributed by atoms with Gasteiger partial charge in [0.25, 0.3) is 0 Å². The minimum absolute atomic E-state index is 0.0777. The number of rotatable bonds is 4. The van der Waals surface area contributed by atoms with Crippen molar-refractivity contribution >= 4 is 23.1 Å². The van der Waals surface area contributed by atoms with Crippen molar-refractivity contribution in [2.45, 2.75) is 20.3 Å². The van der Waals surface area contributed by atoms with E-state index in [4.69, 9.17) is 17.3 Å². The number of anilines is 1. The van der Waals surface area contributed by atoms with Crippen LogP contribution in [0.2, 0.25) is 5.02 Å². The summed E-state index contributed by atoms with van der Waals surface area (Å²) < 4.78 is 0. The van der Waals surface area contributed by atoms with E-state index in [0.29, 0.717) is 27.8 Å². The molecular weight excluding hydrogens is 270 g/mol. The molecule has 0 bridgehead atoms. The van der Waals surface area contributed by atoms with Crippen molar-refractivity contribution in [2.75, 3.05) is 5.73 Å². The number of benzene rings is 2. The van der Waals surface area contributed by atoms with Crippen LogP contribution in [0.25, 0.3) is 0 Å². The highest BCUT2D eigenvalue weighted by molar-refractivity contribution is 6.35. The monoisotopic (exact) mass is 287 g/mol. The molecule has 0 unspecified atom stereocenters. The fraction of sp³-hybridized carbons (Fsp3) is 0.235. The maximum Gasteiger partial charge on any atom is 0.194 e. The second kappa shape index (κ2) is 6.10. The van der Waals surface area contributed by atoms with Crippen molar-refractivity contribution in [3.63, 3.8) is 0 Å². The summed E-state index contributed by atoms with van der Waals surface area (Å²) in [6.07, 6.45) is 1.01. The molecule has 0 aliphatic carbocycles. The minimum atomic E-state index is -0.0777. The molecule has 2 nitrogen and oxygen atoms in total. The molecule has 0 aliphatic rings. The van der Waals surface area contributed by atoms with Gasteiger partial charge in [-0.25, -0.2) is 0 Å². The first-order valence-corrected chi connectivity index (χ1v) is 7.04. The molecule has 0 saturated heterocycles. The molecule has 0 atom stereocenters. The van der Waals surface area contributed by atoms with Crippen LogP contribution in [-0.4, -0.2) is 5.78 Å². The normalized spacial score (nSPS) is 10.8. The molecule has 20 heavy (non-hydrogen) atoms. The van der Waals surface area contributed by atoms with Crippen LogP contribution < -0.4 is 5.73 Å². The summed E-state index contributed by atoms with van der Waals surface area (Å²) in [5.74, 6) is 0.522. The van der Waals surface area contributed by atoms with Crippen LogP contribution in [0.15, 0.2) is 42.5 Å². The van der Waals surface area contributed by atoms with E-state index in [2.05, 4.69) is 13.8 Å². The Hall–Kier alpha value is -1.80. The third-order valence-electron chi connectivity index (χ3n) is 3.10. The van der Waals surface area contributed by atoms with E-state index >= 15 is 0 Å². The first kappa shape index (κ1) is 14.6.